The molecule has 0 saturated carbocycles. The quantitative estimate of drug-likeness (QED) is 0.832. The minimum atomic E-state index is 0.102. The molecule has 5 nitrogen and oxygen atoms in total. The molecule has 0 spiro atoms. The highest BCUT2D eigenvalue weighted by atomic mass is 16.5. The van der Waals surface area contributed by atoms with Crippen LogP contribution in [0.4, 0.5) is 5.82 Å². The highest BCUT2D eigenvalue weighted by Gasteiger charge is 2.27. The monoisotopic (exact) mass is 289 g/mol. The summed E-state index contributed by atoms with van der Waals surface area (Å²) in [5.41, 5.74) is 2.79. The number of aromatic nitrogens is 1. The first-order valence-electron chi connectivity index (χ1n) is 7.77. The van der Waals surface area contributed by atoms with Crippen molar-refractivity contribution in [3.63, 3.8) is 0 Å². The van der Waals surface area contributed by atoms with Gasteiger partial charge in [-0.25, -0.2) is 4.98 Å². The second-order valence-corrected chi connectivity index (χ2v) is 5.88. The normalized spacial score (nSPS) is 19.1. The molecule has 0 radical (unpaired) electrons. The summed E-state index contributed by atoms with van der Waals surface area (Å²) < 4.78 is 5.35. The summed E-state index contributed by atoms with van der Waals surface area (Å²) in [6, 6.07) is 2.01. The van der Waals surface area contributed by atoms with Crippen molar-refractivity contribution in [1.29, 1.82) is 0 Å². The molecule has 114 valence electrons. The summed E-state index contributed by atoms with van der Waals surface area (Å²) in [6.07, 6.45) is 2.36. The Morgan fingerprint density at radius 2 is 1.81 bits per heavy atom. The maximum absolute atomic E-state index is 12.9. The van der Waals surface area contributed by atoms with Crippen molar-refractivity contribution in [2.45, 2.75) is 26.7 Å². The lowest BCUT2D eigenvalue weighted by Gasteiger charge is -2.29. The van der Waals surface area contributed by atoms with Crippen LogP contribution in [-0.4, -0.2) is 55.2 Å². The molecular formula is C16H23N3O2. The minimum absolute atomic E-state index is 0.102. The van der Waals surface area contributed by atoms with Gasteiger partial charge in [0.05, 0.1) is 18.8 Å². The fraction of sp³-hybridized carbons (Fsp3) is 0.625. The van der Waals surface area contributed by atoms with Gasteiger partial charge in [-0.05, 0) is 38.3 Å². The van der Waals surface area contributed by atoms with Crippen LogP contribution in [0.5, 0.6) is 0 Å². The van der Waals surface area contributed by atoms with Crippen molar-refractivity contribution < 1.29 is 9.53 Å². The molecule has 0 unspecified atom stereocenters. The Morgan fingerprint density at radius 3 is 2.48 bits per heavy atom. The zero-order valence-corrected chi connectivity index (χ0v) is 12.9. The predicted molar refractivity (Wildman–Crippen MR) is 81.9 cm³/mol. The van der Waals surface area contributed by atoms with Gasteiger partial charge < -0.3 is 14.5 Å². The van der Waals surface area contributed by atoms with Gasteiger partial charge >= 0.3 is 0 Å². The number of carbonyl (C=O) groups is 1. The van der Waals surface area contributed by atoms with E-state index in [2.05, 4.69) is 9.88 Å². The lowest BCUT2D eigenvalue weighted by molar-refractivity contribution is 0.0302. The van der Waals surface area contributed by atoms with Crippen molar-refractivity contribution >= 4 is 11.7 Å². The third-order valence-corrected chi connectivity index (χ3v) is 4.24. The van der Waals surface area contributed by atoms with Crippen molar-refractivity contribution in [2.75, 3.05) is 44.3 Å². The first-order chi connectivity index (χ1) is 10.2. The molecule has 1 aromatic heterocycles. The molecule has 0 aromatic carbocycles. The third-order valence-electron chi connectivity index (χ3n) is 4.24. The highest BCUT2D eigenvalue weighted by Crippen LogP contribution is 2.27. The van der Waals surface area contributed by atoms with Crippen molar-refractivity contribution in [3.8, 4) is 0 Å². The number of carbonyl (C=O) groups excluding carboxylic acids is 1. The molecule has 0 N–H and O–H groups in total. The molecular weight excluding hydrogens is 266 g/mol. The third kappa shape index (κ3) is 2.88. The van der Waals surface area contributed by atoms with Gasteiger partial charge in [0.15, 0.2) is 0 Å². The molecule has 5 heteroatoms. The average Bonchev–Trinajstić information content (AvgIpc) is 3.01. The van der Waals surface area contributed by atoms with E-state index in [0.717, 1.165) is 35.7 Å². The maximum atomic E-state index is 12.9. The van der Waals surface area contributed by atoms with Crippen LogP contribution < -0.4 is 4.90 Å². The first kappa shape index (κ1) is 14.3. The standard InChI is InChI=1S/C16H23N3O2/c1-12-11-13(2)17-15(18-5-3-4-6-18)14(12)16(20)19-7-9-21-10-8-19/h11H,3-10H2,1-2H3. The maximum Gasteiger partial charge on any atom is 0.258 e. The van der Waals surface area contributed by atoms with Gasteiger partial charge in [-0.1, -0.05) is 0 Å². The molecule has 0 atom stereocenters. The second kappa shape index (κ2) is 6.02. The summed E-state index contributed by atoms with van der Waals surface area (Å²) in [5, 5.41) is 0. The molecule has 1 amide bonds. The number of pyridine rings is 1. The van der Waals surface area contributed by atoms with Crippen LogP contribution in [0.2, 0.25) is 0 Å². The van der Waals surface area contributed by atoms with Crippen molar-refractivity contribution in [1.82, 2.24) is 9.88 Å². The Morgan fingerprint density at radius 1 is 1.14 bits per heavy atom. The molecule has 0 aliphatic carbocycles. The van der Waals surface area contributed by atoms with Gasteiger partial charge in [0, 0.05) is 31.9 Å². The van der Waals surface area contributed by atoms with E-state index in [-0.39, 0.29) is 5.91 Å². The Labute approximate surface area is 125 Å². The predicted octanol–water partition coefficient (Wildman–Crippen LogP) is 1.77. The lowest BCUT2D eigenvalue weighted by Crippen LogP contribution is -2.41. The van der Waals surface area contributed by atoms with Crippen molar-refractivity contribution in [2.24, 2.45) is 0 Å². The molecule has 3 heterocycles. The lowest BCUT2D eigenvalue weighted by atomic mass is 10.1. The smallest absolute Gasteiger partial charge is 0.258 e. The second-order valence-electron chi connectivity index (χ2n) is 5.88. The molecule has 0 bridgehead atoms. The number of hydrogen-bond donors (Lipinski definition) is 0. The van der Waals surface area contributed by atoms with Crippen LogP contribution in [0.3, 0.4) is 0 Å². The van der Waals surface area contributed by atoms with E-state index in [0.29, 0.717) is 26.3 Å². The largest absolute Gasteiger partial charge is 0.378 e. The summed E-state index contributed by atoms with van der Waals surface area (Å²) in [4.78, 5) is 21.7. The fourth-order valence-electron chi connectivity index (χ4n) is 3.16. The van der Waals surface area contributed by atoms with Gasteiger partial charge in [0.25, 0.3) is 5.91 Å². The molecule has 21 heavy (non-hydrogen) atoms. The number of rotatable bonds is 2. The molecule has 2 fully saturated rings. The summed E-state index contributed by atoms with van der Waals surface area (Å²) in [7, 11) is 0. The zero-order chi connectivity index (χ0) is 14.8. The Hall–Kier alpha value is -1.62. The number of morpholine rings is 1. The van der Waals surface area contributed by atoms with E-state index in [4.69, 9.17) is 4.74 Å². The van der Waals surface area contributed by atoms with Crippen LogP contribution in [-0.2, 0) is 4.74 Å². The van der Waals surface area contributed by atoms with E-state index >= 15 is 0 Å². The molecule has 2 aliphatic rings. The summed E-state index contributed by atoms with van der Waals surface area (Å²) in [6.45, 7) is 8.61. The van der Waals surface area contributed by atoms with Gasteiger partial charge in [0.2, 0.25) is 0 Å². The molecule has 1 aromatic rings. The van der Waals surface area contributed by atoms with Gasteiger partial charge in [-0.2, -0.15) is 0 Å². The first-order valence-corrected chi connectivity index (χ1v) is 7.77. The Kier molecular flexibility index (Phi) is 4.10. The fourth-order valence-corrected chi connectivity index (χ4v) is 3.16. The van der Waals surface area contributed by atoms with E-state index in [1.807, 2.05) is 24.8 Å². The Bertz CT molecular complexity index is 533. The van der Waals surface area contributed by atoms with E-state index in [9.17, 15) is 4.79 Å². The number of amides is 1. The number of ether oxygens (including phenoxy) is 1. The molecule has 2 aliphatic heterocycles. The summed E-state index contributed by atoms with van der Waals surface area (Å²) in [5.74, 6) is 0.978. The molecule has 2 saturated heterocycles. The van der Waals surface area contributed by atoms with Gasteiger partial charge in [0.1, 0.15) is 5.82 Å². The minimum Gasteiger partial charge on any atom is -0.378 e. The van der Waals surface area contributed by atoms with Crippen LogP contribution in [0.15, 0.2) is 6.07 Å². The van der Waals surface area contributed by atoms with Gasteiger partial charge in [-0.3, -0.25) is 4.79 Å². The number of nitrogens with zero attached hydrogens (tertiary/aromatic N) is 3. The zero-order valence-electron chi connectivity index (χ0n) is 12.9. The van der Waals surface area contributed by atoms with Crippen LogP contribution in [0.25, 0.3) is 0 Å². The number of anilines is 1. The van der Waals surface area contributed by atoms with Crippen LogP contribution >= 0.6 is 0 Å². The average molecular weight is 289 g/mol. The molecule has 3 rings (SSSR count). The van der Waals surface area contributed by atoms with Crippen LogP contribution in [0, 0.1) is 13.8 Å². The summed E-state index contributed by atoms with van der Waals surface area (Å²) >= 11 is 0. The van der Waals surface area contributed by atoms with Gasteiger partial charge in [-0.15, -0.1) is 0 Å². The highest BCUT2D eigenvalue weighted by molar-refractivity contribution is 6.00. The topological polar surface area (TPSA) is 45.7 Å². The van der Waals surface area contributed by atoms with Crippen molar-refractivity contribution in [3.05, 3.63) is 22.9 Å². The SMILES string of the molecule is Cc1cc(C)c(C(=O)N2CCOCC2)c(N2CCCC2)n1. The van der Waals surface area contributed by atoms with E-state index < -0.39 is 0 Å². The number of hydrogen-bond acceptors (Lipinski definition) is 4. The Balaban J connectivity index is 1.97. The van der Waals surface area contributed by atoms with E-state index in [1.165, 1.54) is 12.8 Å². The number of aryl methyl sites for hydroxylation is 2. The van der Waals surface area contributed by atoms with Crippen LogP contribution in [0.1, 0.15) is 34.5 Å². The van der Waals surface area contributed by atoms with E-state index in [1.54, 1.807) is 0 Å².